The van der Waals surface area contributed by atoms with E-state index in [9.17, 15) is 4.39 Å². The zero-order chi connectivity index (χ0) is 9.84. The number of ether oxygens (including phenoxy) is 1. The third-order valence-electron chi connectivity index (χ3n) is 1.61. The third-order valence-corrected chi connectivity index (χ3v) is 1.89. The van der Waals surface area contributed by atoms with Crippen LogP contribution in [0.3, 0.4) is 0 Å². The average molecular weight is 200 g/mol. The molecular formula is C10H13FOS. The summed E-state index contributed by atoms with van der Waals surface area (Å²) in [5, 5.41) is 0. The summed E-state index contributed by atoms with van der Waals surface area (Å²) in [6.07, 6.45) is 0.120. The maximum atomic E-state index is 13.2. The van der Waals surface area contributed by atoms with Crippen LogP contribution in [-0.2, 0) is 11.3 Å². The Hall–Kier alpha value is -0.540. The van der Waals surface area contributed by atoms with Crippen molar-refractivity contribution in [1.29, 1.82) is 0 Å². The second kappa shape index (κ2) is 4.63. The van der Waals surface area contributed by atoms with E-state index in [0.717, 1.165) is 0 Å². The van der Waals surface area contributed by atoms with E-state index in [1.165, 1.54) is 6.07 Å². The highest BCUT2D eigenvalue weighted by Gasteiger charge is 2.03. The van der Waals surface area contributed by atoms with Crippen LogP contribution in [0, 0.1) is 5.82 Å². The topological polar surface area (TPSA) is 9.23 Å². The highest BCUT2D eigenvalue weighted by molar-refractivity contribution is 7.80. The lowest BCUT2D eigenvalue weighted by Gasteiger charge is -2.08. The average Bonchev–Trinajstić information content (AvgIpc) is 2.02. The standard InChI is InChI=1S/C10H13FOS/c1-7(2)12-6-8-3-4-9(13)5-10(8)11/h3-5,7,13H,6H2,1-2H3. The van der Waals surface area contributed by atoms with Crippen LogP contribution in [0.5, 0.6) is 0 Å². The Morgan fingerprint density at radius 2 is 2.15 bits per heavy atom. The van der Waals surface area contributed by atoms with Gasteiger partial charge < -0.3 is 4.74 Å². The molecule has 0 aliphatic rings. The molecule has 0 aliphatic carbocycles. The summed E-state index contributed by atoms with van der Waals surface area (Å²) >= 11 is 4.03. The first-order valence-electron chi connectivity index (χ1n) is 4.18. The van der Waals surface area contributed by atoms with Gasteiger partial charge in [-0.15, -0.1) is 12.6 Å². The van der Waals surface area contributed by atoms with Gasteiger partial charge in [-0.05, 0) is 26.0 Å². The summed E-state index contributed by atoms with van der Waals surface area (Å²) in [5.74, 6) is -0.256. The molecule has 0 fully saturated rings. The molecule has 0 unspecified atom stereocenters. The molecule has 0 amide bonds. The van der Waals surface area contributed by atoms with Gasteiger partial charge in [0, 0.05) is 10.5 Å². The van der Waals surface area contributed by atoms with E-state index in [1.54, 1.807) is 12.1 Å². The first kappa shape index (κ1) is 10.5. The molecule has 0 radical (unpaired) electrons. The Balaban J connectivity index is 2.67. The second-order valence-electron chi connectivity index (χ2n) is 3.14. The molecule has 1 aromatic carbocycles. The molecule has 3 heteroatoms. The van der Waals surface area contributed by atoms with Crippen molar-refractivity contribution in [2.45, 2.75) is 31.5 Å². The molecule has 1 rings (SSSR count). The molecule has 0 aromatic heterocycles. The predicted octanol–water partition coefficient (Wildman–Crippen LogP) is 3.04. The largest absolute Gasteiger partial charge is 0.374 e. The van der Waals surface area contributed by atoms with Gasteiger partial charge in [0.2, 0.25) is 0 Å². The fourth-order valence-corrected chi connectivity index (χ4v) is 1.10. The van der Waals surface area contributed by atoms with Crippen LogP contribution in [0.15, 0.2) is 23.1 Å². The summed E-state index contributed by atoms with van der Waals surface area (Å²) in [5.41, 5.74) is 0.575. The van der Waals surface area contributed by atoms with E-state index >= 15 is 0 Å². The molecule has 0 N–H and O–H groups in total. The van der Waals surface area contributed by atoms with Crippen LogP contribution < -0.4 is 0 Å². The van der Waals surface area contributed by atoms with Gasteiger partial charge in [0.15, 0.2) is 0 Å². The first-order chi connectivity index (χ1) is 6.09. The highest BCUT2D eigenvalue weighted by atomic mass is 32.1. The molecule has 0 saturated carbocycles. The minimum absolute atomic E-state index is 0.120. The van der Waals surface area contributed by atoms with Crippen molar-refractivity contribution in [1.82, 2.24) is 0 Å². The lowest BCUT2D eigenvalue weighted by molar-refractivity contribution is 0.0639. The number of hydrogen-bond donors (Lipinski definition) is 1. The van der Waals surface area contributed by atoms with Gasteiger partial charge in [-0.25, -0.2) is 4.39 Å². The number of halogens is 1. The van der Waals surface area contributed by atoms with Gasteiger partial charge in [0.05, 0.1) is 12.7 Å². The molecule has 1 nitrogen and oxygen atoms in total. The lowest BCUT2D eigenvalue weighted by Crippen LogP contribution is -2.03. The van der Waals surface area contributed by atoms with Crippen molar-refractivity contribution < 1.29 is 9.13 Å². The molecule has 0 bridgehead atoms. The van der Waals surface area contributed by atoms with E-state index < -0.39 is 0 Å². The predicted molar refractivity (Wildman–Crippen MR) is 53.6 cm³/mol. The Labute approximate surface area is 83.3 Å². The van der Waals surface area contributed by atoms with Crippen LogP contribution in [-0.4, -0.2) is 6.10 Å². The van der Waals surface area contributed by atoms with E-state index in [-0.39, 0.29) is 11.9 Å². The van der Waals surface area contributed by atoms with Crippen LogP contribution in [0.2, 0.25) is 0 Å². The van der Waals surface area contributed by atoms with Gasteiger partial charge in [-0.3, -0.25) is 0 Å². The van der Waals surface area contributed by atoms with Gasteiger partial charge >= 0.3 is 0 Å². The Bertz CT molecular complexity index is 286. The van der Waals surface area contributed by atoms with E-state index in [4.69, 9.17) is 4.74 Å². The van der Waals surface area contributed by atoms with Gasteiger partial charge in [0.1, 0.15) is 5.82 Å². The maximum absolute atomic E-state index is 13.2. The van der Waals surface area contributed by atoms with Crippen molar-refractivity contribution in [3.63, 3.8) is 0 Å². The van der Waals surface area contributed by atoms with Gasteiger partial charge in [-0.1, -0.05) is 6.07 Å². The van der Waals surface area contributed by atoms with Gasteiger partial charge in [-0.2, -0.15) is 0 Å². The summed E-state index contributed by atoms with van der Waals surface area (Å²) in [6.45, 7) is 4.16. The summed E-state index contributed by atoms with van der Waals surface area (Å²) < 4.78 is 18.5. The molecule has 0 heterocycles. The number of thiol groups is 1. The van der Waals surface area contributed by atoms with Crippen molar-refractivity contribution >= 4 is 12.6 Å². The van der Waals surface area contributed by atoms with Crippen LogP contribution >= 0.6 is 12.6 Å². The summed E-state index contributed by atoms with van der Waals surface area (Å²) in [6, 6.07) is 4.84. The number of benzene rings is 1. The van der Waals surface area contributed by atoms with Crippen molar-refractivity contribution in [3.05, 3.63) is 29.6 Å². The number of hydrogen-bond acceptors (Lipinski definition) is 2. The molecule has 0 atom stereocenters. The van der Waals surface area contributed by atoms with E-state index in [1.807, 2.05) is 13.8 Å². The molecule has 0 aliphatic heterocycles. The van der Waals surface area contributed by atoms with E-state index in [2.05, 4.69) is 12.6 Å². The van der Waals surface area contributed by atoms with Gasteiger partial charge in [0.25, 0.3) is 0 Å². The normalized spacial score (nSPS) is 10.8. The first-order valence-corrected chi connectivity index (χ1v) is 4.63. The lowest BCUT2D eigenvalue weighted by atomic mass is 10.2. The summed E-state index contributed by atoms with van der Waals surface area (Å²) in [4.78, 5) is 0.630. The molecule has 0 saturated heterocycles. The number of rotatable bonds is 3. The third kappa shape index (κ3) is 3.36. The minimum atomic E-state index is -0.256. The molecule has 1 aromatic rings. The highest BCUT2D eigenvalue weighted by Crippen LogP contribution is 2.14. The monoisotopic (exact) mass is 200 g/mol. The van der Waals surface area contributed by atoms with Crippen LogP contribution in [0.25, 0.3) is 0 Å². The van der Waals surface area contributed by atoms with Crippen molar-refractivity contribution in [2.75, 3.05) is 0 Å². The second-order valence-corrected chi connectivity index (χ2v) is 3.65. The van der Waals surface area contributed by atoms with Crippen molar-refractivity contribution in [3.8, 4) is 0 Å². The smallest absolute Gasteiger partial charge is 0.129 e. The fourth-order valence-electron chi connectivity index (χ4n) is 0.910. The molecular weight excluding hydrogens is 187 g/mol. The Kier molecular flexibility index (Phi) is 3.75. The van der Waals surface area contributed by atoms with E-state index in [0.29, 0.717) is 17.1 Å². The quantitative estimate of drug-likeness (QED) is 0.738. The minimum Gasteiger partial charge on any atom is -0.374 e. The zero-order valence-corrected chi connectivity index (χ0v) is 8.64. The summed E-state index contributed by atoms with van der Waals surface area (Å²) in [7, 11) is 0. The molecule has 72 valence electrons. The van der Waals surface area contributed by atoms with Crippen LogP contribution in [0.1, 0.15) is 19.4 Å². The van der Waals surface area contributed by atoms with Crippen LogP contribution in [0.4, 0.5) is 4.39 Å². The molecule has 0 spiro atoms. The molecule has 13 heavy (non-hydrogen) atoms. The SMILES string of the molecule is CC(C)OCc1ccc(S)cc1F. The van der Waals surface area contributed by atoms with Crippen molar-refractivity contribution in [2.24, 2.45) is 0 Å². The zero-order valence-electron chi connectivity index (χ0n) is 7.75. The maximum Gasteiger partial charge on any atom is 0.129 e. The fraction of sp³-hybridized carbons (Fsp3) is 0.400. The Morgan fingerprint density at radius 3 is 2.69 bits per heavy atom. The Morgan fingerprint density at radius 1 is 1.46 bits per heavy atom.